The van der Waals surface area contributed by atoms with Gasteiger partial charge in [0.1, 0.15) is 5.69 Å². The molecule has 2 heterocycles. The number of aromatic nitrogens is 2. The van der Waals surface area contributed by atoms with Crippen molar-refractivity contribution in [2.24, 2.45) is 5.92 Å². The molecule has 1 amide bonds. The number of amides is 1. The number of hydrogen-bond donors (Lipinski definition) is 0. The number of carbonyl (C=O) groups is 1. The Morgan fingerprint density at radius 3 is 2.48 bits per heavy atom. The highest BCUT2D eigenvalue weighted by atomic mass is 16.2. The molecule has 1 aromatic rings. The van der Waals surface area contributed by atoms with Crippen LogP contribution < -0.4 is 4.90 Å². The lowest BCUT2D eigenvalue weighted by molar-refractivity contribution is 0.0691. The summed E-state index contributed by atoms with van der Waals surface area (Å²) in [4.78, 5) is 25.6. The topological polar surface area (TPSA) is 49.3 Å². The van der Waals surface area contributed by atoms with Crippen LogP contribution in [0.5, 0.6) is 0 Å². The highest BCUT2D eigenvalue weighted by Gasteiger charge is 2.23. The molecule has 2 rings (SSSR count). The number of aryl methyl sites for hydroxylation is 1. The minimum absolute atomic E-state index is 0.0424. The number of hydrogen-bond acceptors (Lipinski definition) is 4. The summed E-state index contributed by atoms with van der Waals surface area (Å²) in [6.07, 6.45) is 2.16. The fraction of sp³-hybridized carbons (Fsp3) is 0.688. The lowest BCUT2D eigenvalue weighted by atomic mass is 9.99. The van der Waals surface area contributed by atoms with Crippen molar-refractivity contribution < 1.29 is 4.79 Å². The molecule has 0 bridgehead atoms. The Bertz CT molecular complexity index is 491. The third-order valence-corrected chi connectivity index (χ3v) is 4.18. The summed E-state index contributed by atoms with van der Waals surface area (Å²) in [5.41, 5.74) is 1.37. The Morgan fingerprint density at radius 2 is 1.90 bits per heavy atom. The second-order valence-corrected chi connectivity index (χ2v) is 5.84. The van der Waals surface area contributed by atoms with E-state index in [1.165, 1.54) is 0 Å². The summed E-state index contributed by atoms with van der Waals surface area (Å²) >= 11 is 0. The Kier molecular flexibility index (Phi) is 5.15. The number of anilines is 1. The first-order chi connectivity index (χ1) is 10.0. The zero-order chi connectivity index (χ0) is 15.4. The number of rotatable bonds is 4. The van der Waals surface area contributed by atoms with E-state index in [4.69, 9.17) is 0 Å². The first-order valence-electron chi connectivity index (χ1n) is 7.95. The maximum atomic E-state index is 12.6. The zero-order valence-electron chi connectivity index (χ0n) is 13.6. The first kappa shape index (κ1) is 15.7. The van der Waals surface area contributed by atoms with Crippen LogP contribution >= 0.6 is 0 Å². The molecule has 1 aliphatic heterocycles. The van der Waals surface area contributed by atoms with Crippen molar-refractivity contribution in [1.82, 2.24) is 14.9 Å². The van der Waals surface area contributed by atoms with Crippen molar-refractivity contribution in [3.8, 4) is 0 Å². The highest BCUT2D eigenvalue weighted by Crippen LogP contribution is 2.19. The molecule has 1 fully saturated rings. The van der Waals surface area contributed by atoms with Gasteiger partial charge in [-0.3, -0.25) is 4.79 Å². The van der Waals surface area contributed by atoms with Crippen LogP contribution in [-0.2, 0) is 0 Å². The number of piperidine rings is 1. The van der Waals surface area contributed by atoms with E-state index in [1.54, 1.807) is 6.07 Å². The van der Waals surface area contributed by atoms with Crippen LogP contribution in [0.3, 0.4) is 0 Å². The maximum absolute atomic E-state index is 12.6. The fourth-order valence-corrected chi connectivity index (χ4v) is 2.68. The third kappa shape index (κ3) is 3.71. The molecule has 0 unspecified atom stereocenters. The van der Waals surface area contributed by atoms with Gasteiger partial charge in [0.2, 0.25) is 5.95 Å². The molecule has 1 aromatic heterocycles. The average molecular weight is 290 g/mol. The molecule has 116 valence electrons. The van der Waals surface area contributed by atoms with E-state index in [0.717, 1.165) is 44.7 Å². The van der Waals surface area contributed by atoms with Crippen molar-refractivity contribution in [2.75, 3.05) is 31.1 Å². The Hall–Kier alpha value is -1.65. The molecule has 0 radical (unpaired) electrons. The summed E-state index contributed by atoms with van der Waals surface area (Å²) in [5.74, 6) is 1.42. The minimum atomic E-state index is 0.0424. The molecule has 21 heavy (non-hydrogen) atoms. The third-order valence-electron chi connectivity index (χ3n) is 4.18. The Morgan fingerprint density at radius 1 is 1.29 bits per heavy atom. The van der Waals surface area contributed by atoms with Gasteiger partial charge < -0.3 is 9.80 Å². The van der Waals surface area contributed by atoms with E-state index in [0.29, 0.717) is 17.6 Å². The molecule has 0 saturated carbocycles. The van der Waals surface area contributed by atoms with Crippen molar-refractivity contribution in [1.29, 1.82) is 0 Å². The van der Waals surface area contributed by atoms with Crippen LogP contribution in [0.15, 0.2) is 6.07 Å². The molecule has 1 aliphatic rings. The summed E-state index contributed by atoms with van der Waals surface area (Å²) in [6.45, 7) is 11.7. The van der Waals surface area contributed by atoms with Crippen LogP contribution in [0.2, 0.25) is 0 Å². The molecular weight excluding hydrogens is 264 g/mol. The van der Waals surface area contributed by atoms with Crippen LogP contribution in [0.4, 0.5) is 5.95 Å². The van der Waals surface area contributed by atoms with Crippen molar-refractivity contribution >= 4 is 11.9 Å². The molecule has 0 aliphatic carbocycles. The monoisotopic (exact) mass is 290 g/mol. The quantitative estimate of drug-likeness (QED) is 0.855. The molecule has 5 nitrogen and oxygen atoms in total. The second-order valence-electron chi connectivity index (χ2n) is 5.84. The van der Waals surface area contributed by atoms with Crippen molar-refractivity contribution in [3.63, 3.8) is 0 Å². The molecular formula is C16H26N4O. The van der Waals surface area contributed by atoms with Crippen LogP contribution in [0.25, 0.3) is 0 Å². The van der Waals surface area contributed by atoms with E-state index in [2.05, 4.69) is 35.6 Å². The Balaban J connectivity index is 2.20. The minimum Gasteiger partial charge on any atom is -0.341 e. The largest absolute Gasteiger partial charge is 0.341 e. The summed E-state index contributed by atoms with van der Waals surface area (Å²) in [7, 11) is 0. The van der Waals surface area contributed by atoms with E-state index in [1.807, 2.05) is 11.8 Å². The van der Waals surface area contributed by atoms with E-state index >= 15 is 0 Å². The van der Waals surface area contributed by atoms with Gasteiger partial charge >= 0.3 is 0 Å². The second kappa shape index (κ2) is 6.87. The predicted octanol–water partition coefficient (Wildman–Crippen LogP) is 2.50. The van der Waals surface area contributed by atoms with Gasteiger partial charge in [-0.25, -0.2) is 9.97 Å². The van der Waals surface area contributed by atoms with E-state index in [-0.39, 0.29) is 5.91 Å². The Labute approximate surface area is 127 Å². The normalized spacial score (nSPS) is 16.1. The van der Waals surface area contributed by atoms with Gasteiger partial charge in [0.15, 0.2) is 0 Å². The average Bonchev–Trinajstić information content (AvgIpc) is 2.48. The highest BCUT2D eigenvalue weighted by molar-refractivity contribution is 5.92. The molecule has 0 atom stereocenters. The SMILES string of the molecule is CCN(CC)c1nc(C)cc(C(=O)N2CCC(C)CC2)n1. The first-order valence-corrected chi connectivity index (χ1v) is 7.95. The number of likely N-dealkylation sites (tertiary alicyclic amines) is 1. The van der Waals surface area contributed by atoms with E-state index in [9.17, 15) is 4.79 Å². The van der Waals surface area contributed by atoms with Crippen molar-refractivity contribution in [2.45, 2.75) is 40.5 Å². The van der Waals surface area contributed by atoms with Crippen LogP contribution in [0, 0.1) is 12.8 Å². The molecule has 5 heteroatoms. The van der Waals surface area contributed by atoms with Crippen LogP contribution in [-0.4, -0.2) is 47.0 Å². The fourth-order valence-electron chi connectivity index (χ4n) is 2.68. The van der Waals surface area contributed by atoms with Gasteiger partial charge in [-0.15, -0.1) is 0 Å². The van der Waals surface area contributed by atoms with Crippen molar-refractivity contribution in [3.05, 3.63) is 17.5 Å². The van der Waals surface area contributed by atoms with Gasteiger partial charge in [-0.05, 0) is 45.6 Å². The molecule has 0 aromatic carbocycles. The molecule has 0 N–H and O–H groups in total. The smallest absolute Gasteiger partial charge is 0.272 e. The van der Waals surface area contributed by atoms with Gasteiger partial charge in [0.05, 0.1) is 0 Å². The van der Waals surface area contributed by atoms with Crippen LogP contribution in [0.1, 0.15) is 49.8 Å². The summed E-state index contributed by atoms with van der Waals surface area (Å²) < 4.78 is 0. The number of carbonyl (C=O) groups excluding carboxylic acids is 1. The standard InChI is InChI=1S/C16H26N4O/c1-5-19(6-2)16-17-13(4)11-14(18-16)15(21)20-9-7-12(3)8-10-20/h11-12H,5-10H2,1-4H3. The van der Waals surface area contributed by atoms with Gasteiger partial charge in [0.25, 0.3) is 5.91 Å². The molecule has 0 spiro atoms. The number of nitrogens with zero attached hydrogens (tertiary/aromatic N) is 4. The van der Waals surface area contributed by atoms with Gasteiger partial charge in [0, 0.05) is 31.9 Å². The summed E-state index contributed by atoms with van der Waals surface area (Å²) in [5, 5.41) is 0. The van der Waals surface area contributed by atoms with Gasteiger partial charge in [-0.1, -0.05) is 6.92 Å². The van der Waals surface area contributed by atoms with Gasteiger partial charge in [-0.2, -0.15) is 0 Å². The zero-order valence-corrected chi connectivity index (χ0v) is 13.6. The molecule has 1 saturated heterocycles. The lowest BCUT2D eigenvalue weighted by Gasteiger charge is -2.30. The lowest BCUT2D eigenvalue weighted by Crippen LogP contribution is -2.38. The summed E-state index contributed by atoms with van der Waals surface area (Å²) in [6, 6.07) is 1.80. The predicted molar refractivity (Wildman–Crippen MR) is 84.6 cm³/mol. The maximum Gasteiger partial charge on any atom is 0.272 e. The van der Waals surface area contributed by atoms with E-state index < -0.39 is 0 Å².